The van der Waals surface area contributed by atoms with E-state index in [-0.39, 0.29) is 0 Å². The van der Waals surface area contributed by atoms with E-state index in [4.69, 9.17) is 9.47 Å². The minimum atomic E-state index is 0.398. The Hall–Kier alpha value is 0.230. The first-order valence-electron chi connectivity index (χ1n) is 6.94. The van der Waals surface area contributed by atoms with Crippen LogP contribution in [-0.4, -0.2) is 49.5 Å². The fourth-order valence-corrected chi connectivity index (χ4v) is 3.60. The van der Waals surface area contributed by atoms with E-state index in [1.807, 2.05) is 11.8 Å². The van der Waals surface area contributed by atoms with Crippen molar-refractivity contribution in [3.05, 3.63) is 0 Å². The Kier molecular flexibility index (Phi) is 6.12. The Labute approximate surface area is 109 Å². The summed E-state index contributed by atoms with van der Waals surface area (Å²) in [4.78, 5) is 0. The Bertz CT molecular complexity index is 204. The zero-order chi connectivity index (χ0) is 11.9. The molecule has 0 aliphatic carbocycles. The first-order chi connectivity index (χ1) is 8.40. The summed E-state index contributed by atoms with van der Waals surface area (Å²) in [6.45, 7) is 5.08. The fourth-order valence-electron chi connectivity index (χ4n) is 2.66. The minimum Gasteiger partial charge on any atom is -0.378 e. The third-order valence-corrected chi connectivity index (χ3v) is 4.60. The predicted molar refractivity (Wildman–Crippen MR) is 72.7 cm³/mol. The molecule has 1 N–H and O–H groups in total. The molecule has 0 bridgehead atoms. The van der Waals surface area contributed by atoms with Crippen molar-refractivity contribution < 1.29 is 9.47 Å². The van der Waals surface area contributed by atoms with Crippen LogP contribution in [0.2, 0.25) is 0 Å². The first-order valence-corrected chi connectivity index (χ1v) is 8.10. The van der Waals surface area contributed by atoms with Crippen LogP contribution in [0.1, 0.15) is 32.6 Å². The highest BCUT2D eigenvalue weighted by molar-refractivity contribution is 7.99. The van der Waals surface area contributed by atoms with Gasteiger partial charge in [0.25, 0.3) is 0 Å². The molecule has 17 heavy (non-hydrogen) atoms. The lowest BCUT2D eigenvalue weighted by atomic mass is 10.0. The van der Waals surface area contributed by atoms with Crippen molar-refractivity contribution in [1.29, 1.82) is 0 Å². The Morgan fingerprint density at radius 3 is 2.94 bits per heavy atom. The zero-order valence-electron chi connectivity index (χ0n) is 10.8. The summed E-state index contributed by atoms with van der Waals surface area (Å²) in [6.07, 6.45) is 5.76. The van der Waals surface area contributed by atoms with Gasteiger partial charge in [-0.3, -0.25) is 0 Å². The van der Waals surface area contributed by atoms with E-state index >= 15 is 0 Å². The van der Waals surface area contributed by atoms with Crippen LogP contribution >= 0.6 is 11.8 Å². The maximum atomic E-state index is 5.88. The van der Waals surface area contributed by atoms with Crippen LogP contribution in [0, 0.1) is 0 Å². The van der Waals surface area contributed by atoms with E-state index in [0.717, 1.165) is 31.3 Å². The molecule has 100 valence electrons. The Balaban J connectivity index is 1.74. The van der Waals surface area contributed by atoms with Gasteiger partial charge in [-0.25, -0.2) is 0 Å². The maximum Gasteiger partial charge on any atom is 0.0818 e. The Morgan fingerprint density at radius 1 is 1.35 bits per heavy atom. The molecule has 4 heteroatoms. The monoisotopic (exact) mass is 259 g/mol. The summed E-state index contributed by atoms with van der Waals surface area (Å²) < 4.78 is 11.6. The van der Waals surface area contributed by atoms with E-state index in [9.17, 15) is 0 Å². The standard InChI is InChI=1S/C13H25NO2S/c1-2-14-12(13-10-17-9-8-16-13)6-5-11-4-3-7-15-11/h11-14H,2-10H2,1H3. The van der Waals surface area contributed by atoms with Crippen LogP contribution in [0.4, 0.5) is 0 Å². The molecule has 3 unspecified atom stereocenters. The van der Waals surface area contributed by atoms with E-state index < -0.39 is 0 Å². The number of thioether (sulfide) groups is 1. The molecule has 0 radical (unpaired) electrons. The van der Waals surface area contributed by atoms with Crippen LogP contribution in [-0.2, 0) is 9.47 Å². The molecule has 0 aromatic heterocycles. The van der Waals surface area contributed by atoms with Gasteiger partial charge in [-0.1, -0.05) is 6.92 Å². The summed E-state index contributed by atoms with van der Waals surface area (Å²) in [5, 5.41) is 3.58. The SMILES string of the molecule is CCNC(CCC1CCCO1)C1CSCCO1. The minimum absolute atomic E-state index is 0.398. The Morgan fingerprint density at radius 2 is 2.29 bits per heavy atom. The molecular weight excluding hydrogens is 234 g/mol. The van der Waals surface area contributed by atoms with E-state index in [1.54, 1.807) is 0 Å². The fraction of sp³-hybridized carbons (Fsp3) is 1.00. The largest absolute Gasteiger partial charge is 0.378 e. The third-order valence-electron chi connectivity index (χ3n) is 3.58. The molecule has 3 nitrogen and oxygen atoms in total. The number of likely N-dealkylation sites (N-methyl/N-ethyl adjacent to an activating group) is 1. The van der Waals surface area contributed by atoms with Crippen LogP contribution in [0.25, 0.3) is 0 Å². The van der Waals surface area contributed by atoms with Crippen molar-refractivity contribution in [2.45, 2.75) is 50.9 Å². The third kappa shape index (κ3) is 4.43. The molecule has 0 aromatic carbocycles. The van der Waals surface area contributed by atoms with Crippen molar-refractivity contribution in [1.82, 2.24) is 5.32 Å². The van der Waals surface area contributed by atoms with Gasteiger partial charge < -0.3 is 14.8 Å². The van der Waals surface area contributed by atoms with Crippen LogP contribution in [0.3, 0.4) is 0 Å². The first kappa shape index (κ1) is 13.7. The van der Waals surface area contributed by atoms with Gasteiger partial charge in [-0.05, 0) is 32.2 Å². The van der Waals surface area contributed by atoms with Crippen molar-refractivity contribution in [2.75, 3.05) is 31.3 Å². The second-order valence-electron chi connectivity index (χ2n) is 4.86. The van der Waals surface area contributed by atoms with Gasteiger partial charge in [0.2, 0.25) is 0 Å². The second-order valence-corrected chi connectivity index (χ2v) is 6.01. The van der Waals surface area contributed by atoms with Crippen molar-refractivity contribution >= 4 is 11.8 Å². The van der Waals surface area contributed by atoms with Crippen molar-refractivity contribution in [2.24, 2.45) is 0 Å². The zero-order valence-corrected chi connectivity index (χ0v) is 11.6. The average Bonchev–Trinajstić information content (AvgIpc) is 2.88. The molecular formula is C13H25NO2S. The lowest BCUT2D eigenvalue weighted by Crippen LogP contribution is -2.45. The number of nitrogens with one attached hydrogen (secondary N) is 1. The second kappa shape index (κ2) is 7.62. The van der Waals surface area contributed by atoms with Gasteiger partial charge >= 0.3 is 0 Å². The van der Waals surface area contributed by atoms with E-state index in [2.05, 4.69) is 12.2 Å². The van der Waals surface area contributed by atoms with E-state index in [1.165, 1.54) is 25.7 Å². The highest BCUT2D eigenvalue weighted by atomic mass is 32.2. The molecule has 0 amide bonds. The van der Waals surface area contributed by atoms with Crippen molar-refractivity contribution in [3.8, 4) is 0 Å². The van der Waals surface area contributed by atoms with Crippen LogP contribution in [0.15, 0.2) is 0 Å². The topological polar surface area (TPSA) is 30.5 Å². The molecule has 2 heterocycles. The van der Waals surface area contributed by atoms with Gasteiger partial charge in [0.05, 0.1) is 18.8 Å². The van der Waals surface area contributed by atoms with Crippen LogP contribution < -0.4 is 5.32 Å². The van der Waals surface area contributed by atoms with Crippen molar-refractivity contribution in [3.63, 3.8) is 0 Å². The van der Waals surface area contributed by atoms with Gasteiger partial charge in [-0.2, -0.15) is 11.8 Å². The predicted octanol–water partition coefficient (Wildman–Crippen LogP) is 2.06. The summed E-state index contributed by atoms with van der Waals surface area (Å²) in [7, 11) is 0. The molecule has 3 atom stereocenters. The molecule has 0 aromatic rings. The summed E-state index contributed by atoms with van der Waals surface area (Å²) in [5.74, 6) is 2.30. The molecule has 2 aliphatic rings. The van der Waals surface area contributed by atoms with E-state index in [0.29, 0.717) is 18.2 Å². The average molecular weight is 259 g/mol. The quantitative estimate of drug-likeness (QED) is 0.791. The number of hydrogen-bond donors (Lipinski definition) is 1. The molecule has 2 fully saturated rings. The maximum absolute atomic E-state index is 5.88. The lowest BCUT2D eigenvalue weighted by Gasteiger charge is -2.31. The lowest BCUT2D eigenvalue weighted by molar-refractivity contribution is 0.0371. The number of ether oxygens (including phenoxy) is 2. The summed E-state index contributed by atoms with van der Waals surface area (Å²) >= 11 is 2.02. The van der Waals surface area contributed by atoms with Gasteiger partial charge in [-0.15, -0.1) is 0 Å². The molecule has 2 aliphatic heterocycles. The van der Waals surface area contributed by atoms with Crippen LogP contribution in [0.5, 0.6) is 0 Å². The van der Waals surface area contributed by atoms with Gasteiger partial charge in [0.15, 0.2) is 0 Å². The highest BCUT2D eigenvalue weighted by Crippen LogP contribution is 2.22. The number of rotatable bonds is 6. The van der Waals surface area contributed by atoms with Gasteiger partial charge in [0, 0.05) is 24.2 Å². The number of hydrogen-bond acceptors (Lipinski definition) is 4. The molecule has 0 saturated carbocycles. The van der Waals surface area contributed by atoms with Gasteiger partial charge in [0.1, 0.15) is 0 Å². The summed E-state index contributed by atoms with van der Waals surface area (Å²) in [6, 6.07) is 0.511. The normalized spacial score (nSPS) is 31.6. The molecule has 0 spiro atoms. The molecule has 2 rings (SSSR count). The molecule has 2 saturated heterocycles. The highest BCUT2D eigenvalue weighted by Gasteiger charge is 2.25. The summed E-state index contributed by atoms with van der Waals surface area (Å²) in [5.41, 5.74) is 0. The smallest absolute Gasteiger partial charge is 0.0818 e.